The van der Waals surface area contributed by atoms with Crippen LogP contribution in [0.3, 0.4) is 0 Å². The minimum Gasteiger partial charge on any atom is -0.388 e. The van der Waals surface area contributed by atoms with Crippen LogP contribution in [0.5, 0.6) is 0 Å². The average Bonchev–Trinajstić information content (AvgIpc) is 3.14. The molecule has 0 aromatic carbocycles. The van der Waals surface area contributed by atoms with Gasteiger partial charge in [0.25, 0.3) is 5.91 Å². The molecule has 6 heteroatoms. The summed E-state index contributed by atoms with van der Waals surface area (Å²) < 4.78 is 1.84. The van der Waals surface area contributed by atoms with E-state index in [4.69, 9.17) is 0 Å². The summed E-state index contributed by atoms with van der Waals surface area (Å²) in [5.41, 5.74) is 0.319. The van der Waals surface area contributed by atoms with Gasteiger partial charge in [0, 0.05) is 19.0 Å². The van der Waals surface area contributed by atoms with Gasteiger partial charge in [-0.1, -0.05) is 26.7 Å². The molecule has 1 fully saturated rings. The predicted octanol–water partition coefficient (Wildman–Crippen LogP) is 2.79. The second-order valence-corrected chi connectivity index (χ2v) is 7.64. The molecule has 0 atom stereocenters. The summed E-state index contributed by atoms with van der Waals surface area (Å²) in [7, 11) is 1.91. The third-order valence-corrected chi connectivity index (χ3v) is 5.62. The molecular formula is C16H23N3O2S. The van der Waals surface area contributed by atoms with Crippen molar-refractivity contribution in [2.45, 2.75) is 51.0 Å². The predicted molar refractivity (Wildman–Crippen MR) is 88.4 cm³/mol. The van der Waals surface area contributed by atoms with E-state index in [0.717, 1.165) is 41.6 Å². The zero-order chi connectivity index (χ0) is 15.9. The first-order valence-corrected chi connectivity index (χ1v) is 8.68. The summed E-state index contributed by atoms with van der Waals surface area (Å²) in [6.07, 6.45) is 3.64. The van der Waals surface area contributed by atoms with E-state index in [1.165, 1.54) is 11.3 Å². The number of carbonyl (C=O) groups is 1. The molecule has 0 unspecified atom stereocenters. The molecule has 1 aliphatic rings. The summed E-state index contributed by atoms with van der Waals surface area (Å²) in [5.74, 6) is 0.227. The number of aryl methyl sites for hydroxylation is 1. The van der Waals surface area contributed by atoms with Crippen LogP contribution in [0.2, 0.25) is 0 Å². The van der Waals surface area contributed by atoms with Crippen molar-refractivity contribution in [3.05, 3.63) is 16.6 Å². The fourth-order valence-electron chi connectivity index (χ4n) is 3.15. The van der Waals surface area contributed by atoms with Crippen LogP contribution >= 0.6 is 11.3 Å². The molecule has 2 aromatic heterocycles. The molecule has 3 rings (SSSR count). The highest BCUT2D eigenvalue weighted by Crippen LogP contribution is 2.32. The van der Waals surface area contributed by atoms with Crippen LogP contribution in [0.1, 0.15) is 60.8 Å². The van der Waals surface area contributed by atoms with Crippen LogP contribution < -0.4 is 5.32 Å². The van der Waals surface area contributed by atoms with Crippen molar-refractivity contribution in [2.24, 2.45) is 7.05 Å². The lowest BCUT2D eigenvalue weighted by molar-refractivity contribution is 0.0450. The highest BCUT2D eigenvalue weighted by molar-refractivity contribution is 7.20. The Kier molecular flexibility index (Phi) is 3.99. The third-order valence-electron chi connectivity index (χ3n) is 4.42. The number of hydrogen-bond acceptors (Lipinski definition) is 4. The second kappa shape index (κ2) is 5.66. The first-order chi connectivity index (χ1) is 10.4. The van der Waals surface area contributed by atoms with Gasteiger partial charge in [0.1, 0.15) is 4.83 Å². The number of aliphatic hydroxyl groups is 1. The summed E-state index contributed by atoms with van der Waals surface area (Å²) in [5, 5.41) is 18.8. The molecular weight excluding hydrogens is 298 g/mol. The number of carbonyl (C=O) groups excluding carboxylic acids is 1. The monoisotopic (exact) mass is 321 g/mol. The first-order valence-electron chi connectivity index (χ1n) is 7.87. The van der Waals surface area contributed by atoms with E-state index < -0.39 is 5.60 Å². The van der Waals surface area contributed by atoms with Gasteiger partial charge in [-0.25, -0.2) is 0 Å². The van der Waals surface area contributed by atoms with E-state index in [1.54, 1.807) is 0 Å². The Balaban J connectivity index is 1.78. The molecule has 0 spiro atoms. The SMILES string of the molecule is CC(C)c1nn(C)c2sc(C(=O)NCC3(O)CCCC3)cc12. The van der Waals surface area contributed by atoms with Crippen LogP contribution in [0.15, 0.2) is 6.07 Å². The Hall–Kier alpha value is -1.40. The van der Waals surface area contributed by atoms with Crippen molar-refractivity contribution < 1.29 is 9.90 Å². The van der Waals surface area contributed by atoms with Crippen LogP contribution in [0.4, 0.5) is 0 Å². The van der Waals surface area contributed by atoms with E-state index in [1.807, 2.05) is 17.8 Å². The molecule has 2 aromatic rings. The van der Waals surface area contributed by atoms with Gasteiger partial charge in [-0.15, -0.1) is 11.3 Å². The second-order valence-electron chi connectivity index (χ2n) is 6.61. The van der Waals surface area contributed by atoms with E-state index in [2.05, 4.69) is 24.3 Å². The zero-order valence-electron chi connectivity index (χ0n) is 13.3. The lowest BCUT2D eigenvalue weighted by atomic mass is 10.0. The van der Waals surface area contributed by atoms with Crippen LogP contribution in [-0.4, -0.2) is 32.9 Å². The quantitative estimate of drug-likeness (QED) is 0.910. The van der Waals surface area contributed by atoms with Crippen LogP contribution in [0, 0.1) is 0 Å². The highest BCUT2D eigenvalue weighted by atomic mass is 32.1. The Morgan fingerprint density at radius 2 is 2.18 bits per heavy atom. The summed E-state index contributed by atoms with van der Waals surface area (Å²) in [4.78, 5) is 14.1. The van der Waals surface area contributed by atoms with E-state index >= 15 is 0 Å². The van der Waals surface area contributed by atoms with Gasteiger partial charge in [-0.3, -0.25) is 9.48 Å². The smallest absolute Gasteiger partial charge is 0.261 e. The van der Waals surface area contributed by atoms with Gasteiger partial charge in [-0.2, -0.15) is 5.10 Å². The third kappa shape index (κ3) is 2.77. The zero-order valence-corrected chi connectivity index (χ0v) is 14.2. The minimum atomic E-state index is -0.711. The van der Waals surface area contributed by atoms with Crippen molar-refractivity contribution in [3.63, 3.8) is 0 Å². The van der Waals surface area contributed by atoms with Gasteiger partial charge in [-0.05, 0) is 24.8 Å². The van der Waals surface area contributed by atoms with Gasteiger partial charge in [0.15, 0.2) is 0 Å². The number of hydrogen-bond donors (Lipinski definition) is 2. The largest absolute Gasteiger partial charge is 0.388 e. The molecule has 22 heavy (non-hydrogen) atoms. The molecule has 2 heterocycles. The fourth-order valence-corrected chi connectivity index (χ4v) is 4.14. The van der Waals surface area contributed by atoms with Crippen molar-refractivity contribution in [1.82, 2.24) is 15.1 Å². The van der Waals surface area contributed by atoms with Gasteiger partial charge in [0.2, 0.25) is 0 Å². The molecule has 1 saturated carbocycles. The maximum atomic E-state index is 12.4. The topological polar surface area (TPSA) is 67.2 Å². The summed E-state index contributed by atoms with van der Waals surface area (Å²) in [6.45, 7) is 4.55. The highest BCUT2D eigenvalue weighted by Gasteiger charge is 2.31. The molecule has 0 aliphatic heterocycles. The normalized spacial score (nSPS) is 17.5. The molecule has 5 nitrogen and oxygen atoms in total. The maximum absolute atomic E-state index is 12.4. The molecule has 120 valence electrons. The average molecular weight is 321 g/mol. The van der Waals surface area contributed by atoms with Crippen molar-refractivity contribution >= 4 is 27.5 Å². The van der Waals surface area contributed by atoms with Crippen molar-refractivity contribution in [2.75, 3.05) is 6.54 Å². The lowest BCUT2D eigenvalue weighted by Gasteiger charge is -2.22. The molecule has 2 N–H and O–H groups in total. The summed E-state index contributed by atoms with van der Waals surface area (Å²) >= 11 is 1.46. The number of aromatic nitrogens is 2. The molecule has 0 radical (unpaired) electrons. The van der Waals surface area contributed by atoms with Crippen molar-refractivity contribution in [1.29, 1.82) is 0 Å². The number of thiophene rings is 1. The van der Waals surface area contributed by atoms with Gasteiger partial charge >= 0.3 is 0 Å². The Bertz CT molecular complexity index is 696. The first kappa shape index (κ1) is 15.5. The van der Waals surface area contributed by atoms with E-state index in [-0.39, 0.29) is 5.91 Å². The van der Waals surface area contributed by atoms with Crippen molar-refractivity contribution in [3.8, 4) is 0 Å². The van der Waals surface area contributed by atoms with Gasteiger partial charge < -0.3 is 10.4 Å². The molecule has 0 saturated heterocycles. The van der Waals surface area contributed by atoms with Crippen LogP contribution in [-0.2, 0) is 7.05 Å². The molecule has 1 amide bonds. The number of nitrogens with zero attached hydrogens (tertiary/aromatic N) is 2. The number of rotatable bonds is 4. The molecule has 0 bridgehead atoms. The van der Waals surface area contributed by atoms with E-state index in [9.17, 15) is 9.90 Å². The number of fused-ring (bicyclic) bond motifs is 1. The minimum absolute atomic E-state index is 0.101. The Morgan fingerprint density at radius 1 is 1.50 bits per heavy atom. The number of nitrogens with one attached hydrogen (secondary N) is 1. The molecule has 1 aliphatic carbocycles. The fraction of sp³-hybridized carbons (Fsp3) is 0.625. The summed E-state index contributed by atoms with van der Waals surface area (Å²) in [6, 6.07) is 1.93. The van der Waals surface area contributed by atoms with E-state index in [0.29, 0.717) is 17.3 Å². The van der Waals surface area contributed by atoms with Crippen LogP contribution in [0.25, 0.3) is 10.2 Å². The lowest BCUT2D eigenvalue weighted by Crippen LogP contribution is -2.40. The van der Waals surface area contributed by atoms with Gasteiger partial charge in [0.05, 0.1) is 16.2 Å². The standard InChI is InChI=1S/C16H23N3O2S/c1-10(2)13-11-8-12(22-15(11)19(3)18-13)14(20)17-9-16(21)6-4-5-7-16/h8,10,21H,4-7,9H2,1-3H3,(H,17,20). The number of amides is 1. The Morgan fingerprint density at radius 3 is 2.82 bits per heavy atom. The Labute approximate surface area is 134 Å². The maximum Gasteiger partial charge on any atom is 0.261 e.